The van der Waals surface area contributed by atoms with E-state index in [1.165, 1.54) is 4.90 Å². The van der Waals surface area contributed by atoms with Crippen molar-refractivity contribution in [2.75, 3.05) is 20.7 Å². The van der Waals surface area contributed by atoms with Crippen molar-refractivity contribution in [1.29, 1.82) is 0 Å². The molecular weight excluding hydrogens is 304 g/mol. The van der Waals surface area contributed by atoms with E-state index in [0.717, 1.165) is 19.3 Å². The molecule has 0 aliphatic rings. The van der Waals surface area contributed by atoms with Crippen molar-refractivity contribution in [3.63, 3.8) is 0 Å². The fourth-order valence-corrected chi connectivity index (χ4v) is 2.25. The van der Waals surface area contributed by atoms with Gasteiger partial charge in [-0.2, -0.15) is 0 Å². The summed E-state index contributed by atoms with van der Waals surface area (Å²) in [4.78, 5) is 25.6. The van der Waals surface area contributed by atoms with Crippen LogP contribution in [0.3, 0.4) is 0 Å². The average Bonchev–Trinajstić information content (AvgIpc) is 2.52. The predicted molar refractivity (Wildman–Crippen MR) is 96.2 cm³/mol. The fourth-order valence-electron chi connectivity index (χ4n) is 2.25. The quantitative estimate of drug-likeness (QED) is 0.755. The maximum Gasteiger partial charge on any atom is 0.259 e. The Morgan fingerprint density at radius 2 is 1.79 bits per heavy atom. The molecule has 1 aromatic carbocycles. The van der Waals surface area contributed by atoms with Crippen LogP contribution in [0.1, 0.15) is 50.4 Å². The minimum absolute atomic E-state index is 0.0821. The maximum absolute atomic E-state index is 12.5. The lowest BCUT2D eigenvalue weighted by molar-refractivity contribution is -0.130. The number of benzene rings is 1. The summed E-state index contributed by atoms with van der Waals surface area (Å²) >= 11 is 0. The Kier molecular flexibility index (Phi) is 8.30. The number of nitrogens with zero attached hydrogens (tertiary/aromatic N) is 1. The molecule has 0 heterocycles. The number of para-hydroxylation sites is 1. The molecule has 1 aromatic rings. The molecule has 5 nitrogen and oxygen atoms in total. The van der Waals surface area contributed by atoms with Crippen molar-refractivity contribution in [3.05, 3.63) is 29.8 Å². The highest BCUT2D eigenvalue weighted by Crippen LogP contribution is 2.18. The van der Waals surface area contributed by atoms with Crippen molar-refractivity contribution in [3.8, 4) is 5.75 Å². The van der Waals surface area contributed by atoms with Gasteiger partial charge in [0.1, 0.15) is 5.75 Å². The van der Waals surface area contributed by atoms with Gasteiger partial charge in [0.05, 0.1) is 5.56 Å². The number of rotatable bonds is 9. The van der Waals surface area contributed by atoms with Crippen LogP contribution in [-0.2, 0) is 4.79 Å². The Morgan fingerprint density at radius 3 is 2.42 bits per heavy atom. The topological polar surface area (TPSA) is 58.6 Å². The lowest BCUT2D eigenvalue weighted by Crippen LogP contribution is -2.33. The highest BCUT2D eigenvalue weighted by atomic mass is 16.5. The lowest BCUT2D eigenvalue weighted by atomic mass is 10.0. The van der Waals surface area contributed by atoms with Gasteiger partial charge >= 0.3 is 0 Å². The van der Waals surface area contributed by atoms with Gasteiger partial charge in [0.25, 0.3) is 11.8 Å². The van der Waals surface area contributed by atoms with Gasteiger partial charge in [-0.05, 0) is 31.4 Å². The van der Waals surface area contributed by atoms with Crippen LogP contribution in [0.5, 0.6) is 5.75 Å². The van der Waals surface area contributed by atoms with Crippen molar-refractivity contribution in [1.82, 2.24) is 10.2 Å². The Morgan fingerprint density at radius 1 is 1.12 bits per heavy atom. The summed E-state index contributed by atoms with van der Waals surface area (Å²) in [6.45, 7) is 6.33. The van der Waals surface area contributed by atoms with Crippen LogP contribution in [0, 0.1) is 5.92 Å². The van der Waals surface area contributed by atoms with Crippen molar-refractivity contribution in [2.24, 2.45) is 5.92 Å². The van der Waals surface area contributed by atoms with E-state index in [9.17, 15) is 9.59 Å². The molecule has 1 atom stereocenters. The van der Waals surface area contributed by atoms with Crippen LogP contribution in [0.4, 0.5) is 0 Å². The van der Waals surface area contributed by atoms with Gasteiger partial charge in [-0.15, -0.1) is 0 Å². The van der Waals surface area contributed by atoms with Crippen molar-refractivity contribution in [2.45, 2.75) is 46.1 Å². The van der Waals surface area contributed by atoms with E-state index in [0.29, 0.717) is 17.2 Å². The monoisotopic (exact) mass is 334 g/mol. The second-order valence-corrected chi connectivity index (χ2v) is 6.77. The van der Waals surface area contributed by atoms with Crippen LogP contribution >= 0.6 is 0 Å². The number of hydrogen-bond donors (Lipinski definition) is 1. The molecule has 0 spiro atoms. The molecule has 24 heavy (non-hydrogen) atoms. The van der Waals surface area contributed by atoms with Gasteiger partial charge < -0.3 is 15.0 Å². The standard InChI is InChI=1S/C19H30N2O3/c1-14(2)9-8-10-15(3)20-19(23)16-11-6-7-12-17(16)24-13-18(22)21(4)5/h6-7,11-12,14-15H,8-10,13H2,1-5H3,(H,20,23). The number of carbonyl (C=O) groups is 2. The van der Waals surface area contributed by atoms with Crippen molar-refractivity contribution < 1.29 is 14.3 Å². The molecule has 5 heteroatoms. The van der Waals surface area contributed by atoms with E-state index in [4.69, 9.17) is 4.74 Å². The summed E-state index contributed by atoms with van der Waals surface area (Å²) in [6, 6.07) is 7.11. The normalized spacial score (nSPS) is 11.9. The molecule has 1 rings (SSSR count). The van der Waals surface area contributed by atoms with Crippen LogP contribution in [0.2, 0.25) is 0 Å². The molecule has 0 fully saturated rings. The molecule has 134 valence electrons. The number of ether oxygens (including phenoxy) is 1. The zero-order valence-electron chi connectivity index (χ0n) is 15.5. The largest absolute Gasteiger partial charge is 0.483 e. The first kappa shape index (κ1) is 20.0. The van der Waals surface area contributed by atoms with E-state index < -0.39 is 0 Å². The van der Waals surface area contributed by atoms with Gasteiger partial charge in [-0.3, -0.25) is 9.59 Å². The van der Waals surface area contributed by atoms with Gasteiger partial charge in [0.2, 0.25) is 0 Å². The molecule has 2 amide bonds. The van der Waals surface area contributed by atoms with E-state index in [-0.39, 0.29) is 24.5 Å². The number of nitrogens with one attached hydrogen (secondary N) is 1. The molecule has 0 saturated carbocycles. The average molecular weight is 334 g/mol. The molecule has 1 N–H and O–H groups in total. The molecule has 0 aromatic heterocycles. The number of amides is 2. The van der Waals surface area contributed by atoms with Gasteiger partial charge in [0.15, 0.2) is 6.61 Å². The van der Waals surface area contributed by atoms with Crippen molar-refractivity contribution >= 4 is 11.8 Å². The Hall–Kier alpha value is -2.04. The molecular formula is C19H30N2O3. The van der Waals surface area contributed by atoms with Crippen LogP contribution in [0.15, 0.2) is 24.3 Å². The molecule has 1 unspecified atom stereocenters. The molecule has 0 radical (unpaired) electrons. The summed E-state index contributed by atoms with van der Waals surface area (Å²) in [5.74, 6) is 0.794. The molecule has 0 aliphatic heterocycles. The van der Waals surface area contributed by atoms with Gasteiger partial charge in [0, 0.05) is 20.1 Å². The second kappa shape index (κ2) is 9.96. The van der Waals surface area contributed by atoms with Crippen LogP contribution in [0.25, 0.3) is 0 Å². The number of likely N-dealkylation sites (N-methyl/N-ethyl adjacent to an activating group) is 1. The first-order chi connectivity index (χ1) is 11.3. The zero-order chi connectivity index (χ0) is 18.1. The first-order valence-electron chi connectivity index (χ1n) is 8.54. The van der Waals surface area contributed by atoms with Crippen LogP contribution < -0.4 is 10.1 Å². The Balaban J connectivity index is 2.62. The molecule has 0 saturated heterocycles. The van der Waals surface area contributed by atoms with E-state index in [1.54, 1.807) is 38.4 Å². The maximum atomic E-state index is 12.5. The third-order valence-corrected chi connectivity index (χ3v) is 3.78. The zero-order valence-corrected chi connectivity index (χ0v) is 15.5. The van der Waals surface area contributed by atoms with Crippen LogP contribution in [-0.4, -0.2) is 43.5 Å². The second-order valence-electron chi connectivity index (χ2n) is 6.77. The summed E-state index contributed by atoms with van der Waals surface area (Å²) < 4.78 is 5.52. The summed E-state index contributed by atoms with van der Waals surface area (Å²) in [5, 5.41) is 3.01. The summed E-state index contributed by atoms with van der Waals surface area (Å²) in [5.41, 5.74) is 0.458. The van der Waals surface area contributed by atoms with E-state index >= 15 is 0 Å². The number of hydrogen-bond acceptors (Lipinski definition) is 3. The Bertz CT molecular complexity index is 541. The third kappa shape index (κ3) is 7.02. The minimum atomic E-state index is -0.167. The molecule has 0 aliphatic carbocycles. The third-order valence-electron chi connectivity index (χ3n) is 3.78. The fraction of sp³-hybridized carbons (Fsp3) is 0.579. The summed E-state index contributed by atoms with van der Waals surface area (Å²) in [6.07, 6.45) is 3.20. The smallest absolute Gasteiger partial charge is 0.259 e. The van der Waals surface area contributed by atoms with Gasteiger partial charge in [-0.1, -0.05) is 38.8 Å². The minimum Gasteiger partial charge on any atom is -0.483 e. The predicted octanol–water partition coefficient (Wildman–Crippen LogP) is 3.10. The van der Waals surface area contributed by atoms with E-state index in [2.05, 4.69) is 19.2 Å². The van der Waals surface area contributed by atoms with E-state index in [1.807, 2.05) is 6.92 Å². The summed E-state index contributed by atoms with van der Waals surface area (Å²) in [7, 11) is 3.34. The van der Waals surface area contributed by atoms with Gasteiger partial charge in [-0.25, -0.2) is 0 Å². The Labute approximate surface area is 145 Å². The highest BCUT2D eigenvalue weighted by Gasteiger charge is 2.15. The lowest BCUT2D eigenvalue weighted by Gasteiger charge is -2.17. The molecule has 0 bridgehead atoms. The first-order valence-corrected chi connectivity index (χ1v) is 8.54. The highest BCUT2D eigenvalue weighted by molar-refractivity contribution is 5.97. The SMILES string of the molecule is CC(C)CCCC(C)NC(=O)c1ccccc1OCC(=O)N(C)C. The number of carbonyl (C=O) groups excluding carboxylic acids is 2.